The molecule has 2 N–H and O–H groups in total. The molecule has 0 spiro atoms. The molecule has 0 unspecified atom stereocenters. The van der Waals surface area contributed by atoms with E-state index in [1.807, 2.05) is 19.1 Å². The van der Waals surface area contributed by atoms with Gasteiger partial charge in [-0.3, -0.25) is 0 Å². The minimum atomic E-state index is -4.41. The molecule has 9 heteroatoms. The normalized spacial score (nSPS) is 12.5. The number of halogens is 3. The molecule has 2 aromatic rings. The van der Waals surface area contributed by atoms with E-state index in [-0.39, 0.29) is 6.54 Å². The van der Waals surface area contributed by atoms with Crippen LogP contribution in [0.1, 0.15) is 35.7 Å². The molecule has 0 radical (unpaired) electrons. The minimum absolute atomic E-state index is 0.188. The van der Waals surface area contributed by atoms with Gasteiger partial charge in [0.15, 0.2) is 11.7 Å². The molecule has 2 rings (SSSR count). The van der Waals surface area contributed by atoms with E-state index in [0.29, 0.717) is 24.1 Å². The van der Waals surface area contributed by atoms with E-state index in [2.05, 4.69) is 51.6 Å². The first-order chi connectivity index (χ1) is 13.3. The van der Waals surface area contributed by atoms with E-state index in [1.165, 1.54) is 5.56 Å². The summed E-state index contributed by atoms with van der Waals surface area (Å²) < 4.78 is 37.9. The molecule has 1 heterocycles. The van der Waals surface area contributed by atoms with Crippen molar-refractivity contribution in [1.82, 2.24) is 20.5 Å². The number of hydrogen-bond acceptors (Lipinski definition) is 4. The standard InChI is InChI=1S/C19H26F3N5S/c1-4-23-18(25-11-17-26-16(13-28-17)19(20,21)22)24-10-14-7-6-8-15(9-14)12-27(3)5-2/h6-9,13H,4-5,10-12H2,1-3H3,(H2,23,24,25). The summed E-state index contributed by atoms with van der Waals surface area (Å²) in [6.07, 6.45) is -4.41. The van der Waals surface area contributed by atoms with Crippen LogP contribution < -0.4 is 10.6 Å². The van der Waals surface area contributed by atoms with Gasteiger partial charge in [0.25, 0.3) is 0 Å². The Morgan fingerprint density at radius 2 is 1.96 bits per heavy atom. The molecule has 5 nitrogen and oxygen atoms in total. The number of thiazole rings is 1. The Morgan fingerprint density at radius 1 is 1.21 bits per heavy atom. The van der Waals surface area contributed by atoms with Crippen molar-refractivity contribution in [1.29, 1.82) is 0 Å². The summed E-state index contributed by atoms with van der Waals surface area (Å²) in [4.78, 5) is 10.4. The fourth-order valence-electron chi connectivity index (χ4n) is 2.44. The SMILES string of the molecule is CCNC(=NCc1cccc(CN(C)CC)c1)NCc1nc(C(F)(F)F)cs1. The Bertz CT molecular complexity index is 773. The molecule has 0 saturated carbocycles. The zero-order chi connectivity index (χ0) is 20.6. The summed E-state index contributed by atoms with van der Waals surface area (Å²) in [7, 11) is 2.07. The molecule has 28 heavy (non-hydrogen) atoms. The molecule has 1 aromatic carbocycles. The molecule has 0 aliphatic heterocycles. The van der Waals surface area contributed by atoms with Crippen molar-refractivity contribution in [3.63, 3.8) is 0 Å². The van der Waals surface area contributed by atoms with Crippen molar-refractivity contribution in [2.45, 2.75) is 39.7 Å². The Hall–Kier alpha value is -2.13. The second kappa shape index (κ2) is 10.4. The summed E-state index contributed by atoms with van der Waals surface area (Å²) in [6.45, 7) is 7.21. The highest BCUT2D eigenvalue weighted by Gasteiger charge is 2.33. The highest BCUT2D eigenvalue weighted by Crippen LogP contribution is 2.29. The average molecular weight is 414 g/mol. The molecule has 0 fully saturated rings. The highest BCUT2D eigenvalue weighted by atomic mass is 32.1. The van der Waals surface area contributed by atoms with E-state index in [1.54, 1.807) is 0 Å². The Labute approximate surface area is 167 Å². The maximum Gasteiger partial charge on any atom is 0.434 e. The van der Waals surface area contributed by atoms with Crippen LogP contribution >= 0.6 is 11.3 Å². The maximum absolute atomic E-state index is 12.6. The van der Waals surface area contributed by atoms with Gasteiger partial charge in [-0.2, -0.15) is 13.2 Å². The number of hydrogen-bond donors (Lipinski definition) is 2. The summed E-state index contributed by atoms with van der Waals surface area (Å²) in [6, 6.07) is 8.23. The lowest BCUT2D eigenvalue weighted by molar-refractivity contribution is -0.140. The lowest BCUT2D eigenvalue weighted by Gasteiger charge is -2.14. The van der Waals surface area contributed by atoms with Crippen LogP contribution in [0.15, 0.2) is 34.6 Å². The van der Waals surface area contributed by atoms with Crippen molar-refractivity contribution >= 4 is 17.3 Å². The molecule has 0 aliphatic carbocycles. The van der Waals surface area contributed by atoms with Gasteiger partial charge < -0.3 is 15.5 Å². The van der Waals surface area contributed by atoms with Gasteiger partial charge in [0.2, 0.25) is 0 Å². The number of rotatable bonds is 8. The molecule has 1 aromatic heterocycles. The van der Waals surface area contributed by atoms with E-state index in [4.69, 9.17) is 0 Å². The zero-order valence-electron chi connectivity index (χ0n) is 16.3. The van der Waals surface area contributed by atoms with Gasteiger partial charge in [-0.25, -0.2) is 9.98 Å². The number of benzene rings is 1. The molecule has 0 bridgehead atoms. The van der Waals surface area contributed by atoms with Gasteiger partial charge >= 0.3 is 6.18 Å². The van der Waals surface area contributed by atoms with Gasteiger partial charge in [0.1, 0.15) is 5.01 Å². The van der Waals surface area contributed by atoms with Gasteiger partial charge in [-0.1, -0.05) is 31.2 Å². The number of alkyl halides is 3. The van der Waals surface area contributed by atoms with Crippen molar-refractivity contribution in [2.24, 2.45) is 4.99 Å². The Kier molecular flexibility index (Phi) is 8.25. The van der Waals surface area contributed by atoms with E-state index >= 15 is 0 Å². The van der Waals surface area contributed by atoms with E-state index in [0.717, 1.165) is 35.4 Å². The van der Waals surface area contributed by atoms with E-state index < -0.39 is 11.9 Å². The molecule has 0 atom stereocenters. The monoisotopic (exact) mass is 413 g/mol. The van der Waals surface area contributed by atoms with Gasteiger partial charge in [-0.15, -0.1) is 11.3 Å². The van der Waals surface area contributed by atoms with Gasteiger partial charge in [0.05, 0.1) is 13.1 Å². The molecule has 154 valence electrons. The van der Waals surface area contributed by atoms with Crippen LogP contribution in [0.2, 0.25) is 0 Å². The van der Waals surface area contributed by atoms with Crippen LogP contribution in [0.3, 0.4) is 0 Å². The van der Waals surface area contributed by atoms with Gasteiger partial charge in [-0.05, 0) is 31.6 Å². The van der Waals surface area contributed by atoms with Crippen LogP contribution in [-0.2, 0) is 25.8 Å². The second-order valence-corrected chi connectivity index (χ2v) is 7.27. The number of aromatic nitrogens is 1. The fraction of sp³-hybridized carbons (Fsp3) is 0.474. The molecule has 0 saturated heterocycles. The smallest absolute Gasteiger partial charge is 0.357 e. The quantitative estimate of drug-likeness (QED) is 0.510. The number of nitrogens with zero attached hydrogens (tertiary/aromatic N) is 3. The summed E-state index contributed by atoms with van der Waals surface area (Å²) in [5.41, 5.74) is 1.44. The zero-order valence-corrected chi connectivity index (χ0v) is 17.1. The highest BCUT2D eigenvalue weighted by molar-refractivity contribution is 7.09. The first-order valence-electron chi connectivity index (χ1n) is 9.12. The third kappa shape index (κ3) is 7.12. The lowest BCUT2D eigenvalue weighted by atomic mass is 10.1. The first-order valence-corrected chi connectivity index (χ1v) is 10.00. The fourth-order valence-corrected chi connectivity index (χ4v) is 3.18. The van der Waals surface area contributed by atoms with Crippen molar-refractivity contribution in [3.8, 4) is 0 Å². The predicted octanol–water partition coefficient (Wildman–Crippen LogP) is 3.87. The summed E-state index contributed by atoms with van der Waals surface area (Å²) in [5, 5.41) is 7.53. The Morgan fingerprint density at radius 3 is 2.61 bits per heavy atom. The third-order valence-electron chi connectivity index (χ3n) is 4.00. The third-order valence-corrected chi connectivity index (χ3v) is 4.85. The van der Waals surface area contributed by atoms with Gasteiger partial charge in [0, 0.05) is 18.5 Å². The minimum Gasteiger partial charge on any atom is -0.357 e. The Balaban J connectivity index is 1.98. The van der Waals surface area contributed by atoms with Crippen molar-refractivity contribution in [3.05, 3.63) is 51.5 Å². The van der Waals surface area contributed by atoms with Crippen molar-refractivity contribution < 1.29 is 13.2 Å². The number of aliphatic imine (C=N–C) groups is 1. The second-order valence-electron chi connectivity index (χ2n) is 6.32. The van der Waals surface area contributed by atoms with Crippen LogP contribution in [0.5, 0.6) is 0 Å². The topological polar surface area (TPSA) is 52.6 Å². The van der Waals surface area contributed by atoms with E-state index in [9.17, 15) is 13.2 Å². The number of nitrogens with one attached hydrogen (secondary N) is 2. The average Bonchev–Trinajstić information content (AvgIpc) is 3.14. The first kappa shape index (κ1) is 22.2. The predicted molar refractivity (Wildman–Crippen MR) is 107 cm³/mol. The molecular formula is C19H26F3N5S. The number of guanidine groups is 1. The maximum atomic E-state index is 12.6. The van der Waals surface area contributed by atoms with Crippen LogP contribution in [0.4, 0.5) is 13.2 Å². The van der Waals surface area contributed by atoms with Crippen LogP contribution in [0, 0.1) is 0 Å². The molecular weight excluding hydrogens is 387 g/mol. The summed E-state index contributed by atoms with van der Waals surface area (Å²) in [5.74, 6) is 0.544. The van der Waals surface area contributed by atoms with Crippen LogP contribution in [-0.4, -0.2) is 36.0 Å². The molecule has 0 aliphatic rings. The molecule has 0 amide bonds. The van der Waals surface area contributed by atoms with Crippen LogP contribution in [0.25, 0.3) is 0 Å². The lowest BCUT2D eigenvalue weighted by Crippen LogP contribution is -2.36. The largest absolute Gasteiger partial charge is 0.434 e. The van der Waals surface area contributed by atoms with Crippen molar-refractivity contribution in [2.75, 3.05) is 20.1 Å². The summed E-state index contributed by atoms with van der Waals surface area (Å²) >= 11 is 0.980.